The van der Waals surface area contributed by atoms with E-state index < -0.39 is 5.41 Å². The number of benzene rings is 3. The molecule has 44 heavy (non-hydrogen) atoms. The Labute approximate surface area is 259 Å². The van der Waals surface area contributed by atoms with Crippen molar-refractivity contribution in [3.63, 3.8) is 0 Å². The van der Waals surface area contributed by atoms with E-state index in [1.54, 1.807) is 19.1 Å². The van der Waals surface area contributed by atoms with E-state index in [2.05, 4.69) is 62.1 Å². The predicted octanol–water partition coefficient (Wildman–Crippen LogP) is 7.56. The number of nitrogens with zero attached hydrogens (tertiary/aromatic N) is 3. The van der Waals surface area contributed by atoms with E-state index in [1.807, 2.05) is 41.4 Å². The second kappa shape index (κ2) is 11.9. The Balaban J connectivity index is 1.49. The average Bonchev–Trinajstić information content (AvgIpc) is 3.39. The number of anilines is 1. The Bertz CT molecular complexity index is 1640. The molecule has 3 aliphatic rings. The summed E-state index contributed by atoms with van der Waals surface area (Å²) in [5, 5.41) is 18.8. The second-order valence-electron chi connectivity index (χ2n) is 12.3. The van der Waals surface area contributed by atoms with Crippen LogP contribution in [0, 0.1) is 26.2 Å². The minimum atomic E-state index is -1.06. The van der Waals surface area contributed by atoms with E-state index in [-0.39, 0.29) is 42.5 Å². The van der Waals surface area contributed by atoms with E-state index in [0.717, 1.165) is 33.5 Å². The zero-order chi connectivity index (χ0) is 31.0. The molecule has 7 heteroatoms. The van der Waals surface area contributed by atoms with E-state index in [1.165, 1.54) is 0 Å². The van der Waals surface area contributed by atoms with Gasteiger partial charge in [-0.25, -0.2) is 5.01 Å². The lowest BCUT2D eigenvalue weighted by Gasteiger charge is -2.41. The molecule has 7 nitrogen and oxygen atoms in total. The van der Waals surface area contributed by atoms with Gasteiger partial charge in [0, 0.05) is 12.8 Å². The van der Waals surface area contributed by atoms with Crippen LogP contribution in [-0.4, -0.2) is 34.0 Å². The van der Waals surface area contributed by atoms with Crippen LogP contribution in [0.3, 0.4) is 0 Å². The number of fused-ring (bicyclic) bond motifs is 1. The van der Waals surface area contributed by atoms with Crippen molar-refractivity contribution < 1.29 is 19.4 Å². The molecule has 1 saturated heterocycles. The molecule has 226 valence electrons. The molecule has 0 aromatic heterocycles. The van der Waals surface area contributed by atoms with Gasteiger partial charge in [0.05, 0.1) is 17.1 Å². The van der Waals surface area contributed by atoms with Crippen molar-refractivity contribution in [2.45, 2.75) is 65.5 Å². The highest BCUT2D eigenvalue weighted by atomic mass is 16.5. The summed E-state index contributed by atoms with van der Waals surface area (Å²) in [5.41, 5.74) is 5.08. The monoisotopic (exact) mass is 589 g/mol. The van der Waals surface area contributed by atoms with Gasteiger partial charge in [-0.3, -0.25) is 14.5 Å². The molecule has 0 radical (unpaired) electrons. The van der Waals surface area contributed by atoms with E-state index >= 15 is 0 Å². The first-order valence-electron chi connectivity index (χ1n) is 15.3. The van der Waals surface area contributed by atoms with Crippen LogP contribution in [0.5, 0.6) is 0 Å². The molecular weight excluding hydrogens is 550 g/mol. The lowest BCUT2D eigenvalue weighted by molar-refractivity contribution is -0.142. The molecule has 0 amide bonds. The molecule has 0 spiro atoms. The number of ether oxygens (including phenoxy) is 1. The van der Waals surface area contributed by atoms with Crippen LogP contribution in [-0.2, 0) is 14.3 Å². The van der Waals surface area contributed by atoms with Gasteiger partial charge >= 0.3 is 0 Å². The SMILES string of the molecule is Cc1cc(C)c(N2N=C3CO[C@H](c4ccccc4)[C@H](c4ccccc4)N3/C2=C(O)\C=C\CC2(C)C(=O)CCCC2=O)c(C)c1. The van der Waals surface area contributed by atoms with Gasteiger partial charge in [0.1, 0.15) is 24.3 Å². The summed E-state index contributed by atoms with van der Waals surface area (Å²) in [4.78, 5) is 27.6. The fraction of sp³-hybridized carbons (Fsp3) is 0.324. The lowest BCUT2D eigenvalue weighted by Crippen LogP contribution is -2.44. The molecule has 0 bridgehead atoms. The maximum absolute atomic E-state index is 12.8. The first kappa shape index (κ1) is 29.6. The summed E-state index contributed by atoms with van der Waals surface area (Å²) in [5.74, 6) is 1.12. The van der Waals surface area contributed by atoms with E-state index in [9.17, 15) is 14.7 Å². The van der Waals surface area contributed by atoms with Crippen molar-refractivity contribution in [2.75, 3.05) is 11.6 Å². The number of aryl methyl sites for hydroxylation is 3. The zero-order valence-corrected chi connectivity index (χ0v) is 25.8. The number of amidine groups is 1. The third kappa shape index (κ3) is 5.26. The zero-order valence-electron chi connectivity index (χ0n) is 25.8. The van der Waals surface area contributed by atoms with Crippen LogP contribution >= 0.6 is 0 Å². The molecule has 1 N–H and O–H groups in total. The van der Waals surface area contributed by atoms with Gasteiger partial charge < -0.3 is 9.84 Å². The highest BCUT2D eigenvalue weighted by molar-refractivity contribution is 6.08. The first-order valence-corrected chi connectivity index (χ1v) is 15.3. The van der Waals surface area contributed by atoms with Gasteiger partial charge in [-0.2, -0.15) is 0 Å². The average molecular weight is 590 g/mol. The number of Topliss-reactive ketones (excluding diaryl/α,β-unsaturated/α-hetero) is 2. The molecular formula is C37H39N3O4. The number of allylic oxidation sites excluding steroid dienone is 2. The number of aliphatic hydroxyl groups excluding tert-OH is 1. The number of morpholine rings is 1. The molecule has 2 aliphatic heterocycles. The fourth-order valence-electron chi connectivity index (χ4n) is 6.83. The summed E-state index contributed by atoms with van der Waals surface area (Å²) >= 11 is 0. The Kier molecular flexibility index (Phi) is 7.99. The minimum absolute atomic E-state index is 0.00271. The van der Waals surface area contributed by atoms with Gasteiger partial charge in [0.15, 0.2) is 17.4 Å². The summed E-state index contributed by atoms with van der Waals surface area (Å²) in [6.45, 7) is 8.15. The van der Waals surface area contributed by atoms with Crippen molar-refractivity contribution in [2.24, 2.45) is 10.5 Å². The Morgan fingerprint density at radius 2 is 1.55 bits per heavy atom. The molecule has 1 aliphatic carbocycles. The fourth-order valence-corrected chi connectivity index (χ4v) is 6.83. The third-order valence-electron chi connectivity index (χ3n) is 9.07. The maximum atomic E-state index is 12.8. The smallest absolute Gasteiger partial charge is 0.179 e. The number of ketones is 2. The van der Waals surface area contributed by atoms with Crippen LogP contribution in [0.1, 0.15) is 72.6 Å². The number of hydrogen-bond acceptors (Lipinski definition) is 7. The topological polar surface area (TPSA) is 82.4 Å². The Hall–Kier alpha value is -4.49. The van der Waals surface area contributed by atoms with Crippen LogP contribution in [0.2, 0.25) is 0 Å². The van der Waals surface area contributed by atoms with Crippen molar-refractivity contribution in [1.82, 2.24) is 4.90 Å². The first-order chi connectivity index (χ1) is 21.2. The van der Waals surface area contributed by atoms with Crippen molar-refractivity contribution in [1.29, 1.82) is 0 Å². The Morgan fingerprint density at radius 1 is 0.955 bits per heavy atom. The molecule has 1 saturated carbocycles. The van der Waals surface area contributed by atoms with Crippen LogP contribution in [0.4, 0.5) is 5.69 Å². The number of hydrogen-bond donors (Lipinski definition) is 1. The highest BCUT2D eigenvalue weighted by Crippen LogP contribution is 2.47. The van der Waals surface area contributed by atoms with Crippen molar-refractivity contribution in [3.8, 4) is 0 Å². The van der Waals surface area contributed by atoms with Gasteiger partial charge in [-0.05, 0) is 68.9 Å². The highest BCUT2D eigenvalue weighted by Gasteiger charge is 2.46. The summed E-state index contributed by atoms with van der Waals surface area (Å²) in [6.07, 6.45) is 4.70. The predicted molar refractivity (Wildman–Crippen MR) is 172 cm³/mol. The number of aliphatic hydroxyl groups is 1. The Morgan fingerprint density at radius 3 is 2.16 bits per heavy atom. The normalized spacial score (nSPS) is 22.8. The summed E-state index contributed by atoms with van der Waals surface area (Å²) in [7, 11) is 0. The van der Waals surface area contributed by atoms with Gasteiger partial charge in [-0.15, -0.1) is 5.10 Å². The standard InChI is InChI=1S/C37H39N3O4/c1-24-21-25(2)33(26(3)22-24)40-36(29(41)17-12-20-37(4)30(42)18-11-19-31(37)43)39-32(38-40)23-44-35(28-15-9-6-10-16-28)34(39)27-13-7-5-8-14-27/h5-10,12-17,21-22,34-35,41H,11,18-20,23H2,1-4H3/b17-12+,36-29-/t34-,35+/m0/s1. The van der Waals surface area contributed by atoms with E-state index in [0.29, 0.717) is 30.9 Å². The largest absolute Gasteiger partial charge is 0.504 e. The van der Waals surface area contributed by atoms with Crippen molar-refractivity contribution in [3.05, 3.63) is 124 Å². The quantitative estimate of drug-likeness (QED) is 0.236. The van der Waals surface area contributed by atoms with Crippen LogP contribution in [0.15, 0.2) is 102 Å². The van der Waals surface area contributed by atoms with Gasteiger partial charge in [0.25, 0.3) is 0 Å². The molecule has 2 fully saturated rings. The number of carbonyl (C=O) groups is 2. The number of carbonyl (C=O) groups excluding carboxylic acids is 2. The van der Waals surface area contributed by atoms with Crippen molar-refractivity contribution >= 4 is 23.1 Å². The molecule has 3 aromatic rings. The molecule has 6 rings (SSSR count). The van der Waals surface area contributed by atoms with Crippen LogP contribution in [0.25, 0.3) is 0 Å². The summed E-state index contributed by atoms with van der Waals surface area (Å²) < 4.78 is 6.54. The maximum Gasteiger partial charge on any atom is 0.179 e. The third-order valence-corrected chi connectivity index (χ3v) is 9.07. The molecule has 2 atom stereocenters. The van der Waals surface area contributed by atoms with Crippen LogP contribution < -0.4 is 5.01 Å². The van der Waals surface area contributed by atoms with Gasteiger partial charge in [0.2, 0.25) is 0 Å². The molecule has 2 heterocycles. The number of hydrazone groups is 1. The minimum Gasteiger partial charge on any atom is -0.504 e. The number of rotatable bonds is 6. The second-order valence-corrected chi connectivity index (χ2v) is 12.3. The van der Waals surface area contributed by atoms with E-state index in [4.69, 9.17) is 9.84 Å². The molecule has 0 unspecified atom stereocenters. The summed E-state index contributed by atoms with van der Waals surface area (Å²) in [6, 6.07) is 24.2. The lowest BCUT2D eigenvalue weighted by atomic mass is 9.71. The molecule has 3 aromatic carbocycles. The van der Waals surface area contributed by atoms with Gasteiger partial charge in [-0.1, -0.05) is 84.4 Å².